The summed E-state index contributed by atoms with van der Waals surface area (Å²) in [5.41, 5.74) is 0.855. The molecule has 1 aliphatic carbocycles. The molecule has 0 spiro atoms. The molecular weight excluding hydrogens is 256 g/mol. The van der Waals surface area contributed by atoms with E-state index in [0.29, 0.717) is 28.0 Å². The third kappa shape index (κ3) is 1.61. The van der Waals surface area contributed by atoms with Crippen molar-refractivity contribution in [2.24, 2.45) is 0 Å². The molecule has 0 bridgehead atoms. The molecule has 100 valence electrons. The van der Waals surface area contributed by atoms with Gasteiger partial charge in [-0.1, -0.05) is 0 Å². The fourth-order valence-corrected chi connectivity index (χ4v) is 2.52. The van der Waals surface area contributed by atoms with Crippen LogP contribution in [0.3, 0.4) is 0 Å². The molecule has 0 heterocycles. The lowest BCUT2D eigenvalue weighted by Crippen LogP contribution is -2.12. The summed E-state index contributed by atoms with van der Waals surface area (Å²) in [5.74, 6) is 0.821. The van der Waals surface area contributed by atoms with Crippen molar-refractivity contribution < 1.29 is 19.1 Å². The first-order chi connectivity index (χ1) is 9.67. The van der Waals surface area contributed by atoms with Crippen molar-refractivity contribution in [3.63, 3.8) is 0 Å². The normalized spacial score (nSPS) is 13.5. The molecule has 0 unspecified atom stereocenters. The Morgan fingerprint density at radius 1 is 0.800 bits per heavy atom. The summed E-state index contributed by atoms with van der Waals surface area (Å²) in [4.78, 5) is 23.9. The Morgan fingerprint density at radius 2 is 1.50 bits per heavy atom. The second-order valence-electron chi connectivity index (χ2n) is 4.45. The summed E-state index contributed by atoms with van der Waals surface area (Å²) < 4.78 is 10.6. The maximum Gasteiger partial charge on any atom is 0.187 e. The average Bonchev–Trinajstić information content (AvgIpc) is 2.48. The van der Waals surface area contributed by atoms with Crippen LogP contribution in [0.4, 0.5) is 0 Å². The van der Waals surface area contributed by atoms with Crippen LogP contribution < -0.4 is 9.47 Å². The third-order valence-electron chi connectivity index (χ3n) is 3.44. The van der Waals surface area contributed by atoms with Gasteiger partial charge in [-0.05, 0) is 41.8 Å². The lowest BCUT2D eigenvalue weighted by molar-refractivity contribution is 0.0995. The summed E-state index contributed by atoms with van der Waals surface area (Å²) >= 11 is 0. The number of methoxy groups -OCH3 is 2. The van der Waals surface area contributed by atoms with Gasteiger partial charge in [-0.15, -0.1) is 0 Å². The highest BCUT2D eigenvalue weighted by atomic mass is 16.5. The van der Waals surface area contributed by atoms with E-state index < -0.39 is 0 Å². The summed E-state index contributed by atoms with van der Waals surface area (Å²) in [6, 6.07) is 6.95. The Morgan fingerprint density at radius 3 is 2.20 bits per heavy atom. The van der Waals surface area contributed by atoms with Gasteiger partial charge in [0.25, 0.3) is 0 Å². The number of carbonyl (C=O) groups excluding carboxylic acids is 2. The van der Waals surface area contributed by atoms with Gasteiger partial charge in [0, 0.05) is 16.5 Å². The van der Waals surface area contributed by atoms with Crippen LogP contribution in [0.2, 0.25) is 0 Å². The highest BCUT2D eigenvalue weighted by molar-refractivity contribution is 6.27. The van der Waals surface area contributed by atoms with Gasteiger partial charge in [-0.3, -0.25) is 9.59 Å². The number of rotatable bonds is 2. The van der Waals surface area contributed by atoms with Crippen molar-refractivity contribution in [3.8, 4) is 11.5 Å². The molecular formula is C16H12O4. The van der Waals surface area contributed by atoms with Crippen LogP contribution in [0.25, 0.3) is 10.8 Å². The monoisotopic (exact) mass is 268 g/mol. The summed E-state index contributed by atoms with van der Waals surface area (Å²) in [5, 5.41) is 1.45. The van der Waals surface area contributed by atoms with Crippen LogP contribution in [0.1, 0.15) is 20.7 Å². The van der Waals surface area contributed by atoms with E-state index >= 15 is 0 Å². The zero-order valence-corrected chi connectivity index (χ0v) is 11.1. The fraction of sp³-hybridized carbons (Fsp3) is 0.125. The van der Waals surface area contributed by atoms with Crippen LogP contribution in [-0.2, 0) is 0 Å². The molecule has 0 fully saturated rings. The Bertz CT molecular complexity index is 772. The quantitative estimate of drug-likeness (QED) is 0.840. The summed E-state index contributed by atoms with van der Waals surface area (Å²) in [7, 11) is 3.10. The van der Waals surface area contributed by atoms with Crippen molar-refractivity contribution in [3.05, 3.63) is 47.5 Å². The zero-order valence-electron chi connectivity index (χ0n) is 11.1. The molecule has 0 atom stereocenters. The molecule has 0 aliphatic heterocycles. The van der Waals surface area contributed by atoms with Crippen LogP contribution in [-0.4, -0.2) is 25.8 Å². The number of hydrogen-bond donors (Lipinski definition) is 0. The Kier molecular flexibility index (Phi) is 2.79. The predicted molar refractivity (Wildman–Crippen MR) is 74.9 cm³/mol. The lowest BCUT2D eigenvalue weighted by Gasteiger charge is -2.15. The van der Waals surface area contributed by atoms with Crippen molar-refractivity contribution in [2.75, 3.05) is 14.2 Å². The standard InChI is InChI=1S/C16H12O4/c1-19-14-8-5-9-10(16(14)20-2)3-4-11-12(17)6-7-13(18)15(9)11/h3-8H,1-2H3. The lowest BCUT2D eigenvalue weighted by atomic mass is 9.89. The third-order valence-corrected chi connectivity index (χ3v) is 3.44. The second-order valence-corrected chi connectivity index (χ2v) is 4.45. The smallest absolute Gasteiger partial charge is 0.187 e. The molecule has 0 amide bonds. The Hall–Kier alpha value is -2.62. The minimum Gasteiger partial charge on any atom is -0.493 e. The number of benzene rings is 2. The SMILES string of the molecule is COc1ccc2c3c(ccc2c1OC)C(=O)C=CC3=O. The van der Waals surface area contributed by atoms with E-state index in [1.807, 2.05) is 0 Å². The highest BCUT2D eigenvalue weighted by Gasteiger charge is 2.23. The molecule has 4 nitrogen and oxygen atoms in total. The number of ether oxygens (including phenoxy) is 2. The van der Waals surface area contributed by atoms with E-state index in [1.165, 1.54) is 12.2 Å². The van der Waals surface area contributed by atoms with Crippen molar-refractivity contribution in [1.82, 2.24) is 0 Å². The van der Waals surface area contributed by atoms with Gasteiger partial charge < -0.3 is 9.47 Å². The van der Waals surface area contributed by atoms with E-state index in [2.05, 4.69) is 0 Å². The topological polar surface area (TPSA) is 52.6 Å². The van der Waals surface area contributed by atoms with Crippen LogP contribution in [0, 0.1) is 0 Å². The van der Waals surface area contributed by atoms with Gasteiger partial charge in [0.1, 0.15) is 0 Å². The van der Waals surface area contributed by atoms with Gasteiger partial charge in [0.05, 0.1) is 14.2 Å². The van der Waals surface area contributed by atoms with Crippen LogP contribution >= 0.6 is 0 Å². The van der Waals surface area contributed by atoms with Crippen molar-refractivity contribution >= 4 is 22.3 Å². The summed E-state index contributed by atoms with van der Waals surface area (Å²) in [6.45, 7) is 0. The van der Waals surface area contributed by atoms with E-state index in [4.69, 9.17) is 9.47 Å². The first-order valence-electron chi connectivity index (χ1n) is 6.12. The predicted octanol–water partition coefficient (Wildman–Crippen LogP) is 2.79. The summed E-state index contributed by atoms with van der Waals surface area (Å²) in [6.07, 6.45) is 2.61. The molecule has 0 N–H and O–H groups in total. The van der Waals surface area contributed by atoms with Gasteiger partial charge in [-0.25, -0.2) is 0 Å². The van der Waals surface area contributed by atoms with E-state index in [9.17, 15) is 9.59 Å². The molecule has 0 radical (unpaired) electrons. The molecule has 0 saturated heterocycles. The van der Waals surface area contributed by atoms with Crippen molar-refractivity contribution in [1.29, 1.82) is 0 Å². The van der Waals surface area contributed by atoms with Gasteiger partial charge >= 0.3 is 0 Å². The number of ketones is 2. The number of fused-ring (bicyclic) bond motifs is 3. The van der Waals surface area contributed by atoms with Crippen LogP contribution in [0.5, 0.6) is 11.5 Å². The van der Waals surface area contributed by atoms with Gasteiger partial charge in [0.2, 0.25) is 0 Å². The van der Waals surface area contributed by atoms with Crippen molar-refractivity contribution in [2.45, 2.75) is 0 Å². The fourth-order valence-electron chi connectivity index (χ4n) is 2.52. The largest absolute Gasteiger partial charge is 0.493 e. The first kappa shape index (κ1) is 12.4. The molecule has 2 aromatic carbocycles. The van der Waals surface area contributed by atoms with Gasteiger partial charge in [0.15, 0.2) is 23.1 Å². The Labute approximate surface area is 115 Å². The molecule has 20 heavy (non-hydrogen) atoms. The molecule has 1 aliphatic rings. The molecule has 0 saturated carbocycles. The molecule has 3 rings (SSSR count). The van der Waals surface area contributed by atoms with E-state index in [-0.39, 0.29) is 11.6 Å². The minimum atomic E-state index is -0.169. The molecule has 0 aromatic heterocycles. The van der Waals surface area contributed by atoms with Gasteiger partial charge in [-0.2, -0.15) is 0 Å². The maximum absolute atomic E-state index is 12.1. The zero-order chi connectivity index (χ0) is 14.3. The van der Waals surface area contributed by atoms with E-state index in [0.717, 1.165) is 5.39 Å². The highest BCUT2D eigenvalue weighted by Crippen LogP contribution is 2.38. The molecule has 4 heteroatoms. The maximum atomic E-state index is 12.1. The number of hydrogen-bond acceptors (Lipinski definition) is 4. The van der Waals surface area contributed by atoms with Crippen LogP contribution in [0.15, 0.2) is 36.4 Å². The Balaban J connectivity index is 2.42. The first-order valence-corrected chi connectivity index (χ1v) is 6.12. The average molecular weight is 268 g/mol. The molecule has 2 aromatic rings. The number of allylic oxidation sites excluding steroid dienone is 2. The van der Waals surface area contributed by atoms with E-state index in [1.54, 1.807) is 38.5 Å². The number of carbonyl (C=O) groups is 2. The minimum absolute atomic E-state index is 0.156. The second kappa shape index (κ2) is 4.49.